The molecule has 1 aliphatic rings. The second-order valence-corrected chi connectivity index (χ2v) is 4.05. The normalized spacial score (nSPS) is 18.5. The highest BCUT2D eigenvalue weighted by Crippen LogP contribution is 2.21. The van der Waals surface area contributed by atoms with Crippen LogP contribution in [0.1, 0.15) is 17.0 Å². The van der Waals surface area contributed by atoms with Crippen molar-refractivity contribution < 1.29 is 9.63 Å². The molecule has 1 saturated heterocycles. The standard InChI is InChI=1S/C10H16N2O2/c1-7-10(8(2)14-11-7)5-12-3-9(4-12)6-13/h9,13H,3-6H2,1-2H3. The van der Waals surface area contributed by atoms with E-state index in [0.29, 0.717) is 12.5 Å². The van der Waals surface area contributed by atoms with Gasteiger partial charge in [-0.05, 0) is 13.8 Å². The molecule has 0 radical (unpaired) electrons. The maximum atomic E-state index is 8.88. The van der Waals surface area contributed by atoms with Crippen LogP contribution in [0.3, 0.4) is 0 Å². The summed E-state index contributed by atoms with van der Waals surface area (Å²) in [6, 6.07) is 0. The Balaban J connectivity index is 1.93. The second-order valence-electron chi connectivity index (χ2n) is 4.05. The number of aryl methyl sites for hydroxylation is 2. The molecule has 0 saturated carbocycles. The third kappa shape index (κ3) is 1.67. The van der Waals surface area contributed by atoms with Crippen LogP contribution >= 0.6 is 0 Å². The van der Waals surface area contributed by atoms with Crippen LogP contribution < -0.4 is 0 Å². The summed E-state index contributed by atoms with van der Waals surface area (Å²) in [5.41, 5.74) is 2.18. The topological polar surface area (TPSA) is 49.5 Å². The molecule has 0 aromatic carbocycles. The molecule has 14 heavy (non-hydrogen) atoms. The summed E-state index contributed by atoms with van der Waals surface area (Å²) in [6.45, 7) is 7.09. The Morgan fingerprint density at radius 1 is 1.50 bits per heavy atom. The fourth-order valence-electron chi connectivity index (χ4n) is 1.87. The minimum Gasteiger partial charge on any atom is -0.396 e. The number of nitrogens with zero attached hydrogens (tertiary/aromatic N) is 2. The number of aliphatic hydroxyl groups excluding tert-OH is 1. The van der Waals surface area contributed by atoms with Gasteiger partial charge in [-0.25, -0.2) is 0 Å². The molecule has 1 fully saturated rings. The molecular weight excluding hydrogens is 180 g/mol. The number of rotatable bonds is 3. The smallest absolute Gasteiger partial charge is 0.138 e. The first-order valence-corrected chi connectivity index (χ1v) is 4.95. The van der Waals surface area contributed by atoms with E-state index >= 15 is 0 Å². The van der Waals surface area contributed by atoms with Crippen molar-refractivity contribution in [1.82, 2.24) is 10.1 Å². The maximum absolute atomic E-state index is 8.88. The lowest BCUT2D eigenvalue weighted by molar-refractivity contribution is 0.0475. The summed E-state index contributed by atoms with van der Waals surface area (Å²) in [5.74, 6) is 1.38. The van der Waals surface area contributed by atoms with Crippen molar-refractivity contribution in [2.45, 2.75) is 20.4 Å². The van der Waals surface area contributed by atoms with Gasteiger partial charge in [0, 0.05) is 37.7 Å². The zero-order valence-corrected chi connectivity index (χ0v) is 8.66. The molecule has 78 valence electrons. The van der Waals surface area contributed by atoms with Gasteiger partial charge in [0.05, 0.1) is 5.69 Å². The number of hydrogen-bond acceptors (Lipinski definition) is 4. The quantitative estimate of drug-likeness (QED) is 0.773. The zero-order chi connectivity index (χ0) is 10.1. The monoisotopic (exact) mass is 196 g/mol. The van der Waals surface area contributed by atoms with Gasteiger partial charge in [-0.15, -0.1) is 0 Å². The summed E-state index contributed by atoms with van der Waals surface area (Å²) >= 11 is 0. The van der Waals surface area contributed by atoms with E-state index < -0.39 is 0 Å². The Morgan fingerprint density at radius 2 is 2.21 bits per heavy atom. The fourth-order valence-corrected chi connectivity index (χ4v) is 1.87. The molecule has 1 aromatic heterocycles. The molecule has 4 heteroatoms. The number of aliphatic hydroxyl groups is 1. The van der Waals surface area contributed by atoms with E-state index in [1.807, 2.05) is 13.8 Å². The Labute approximate surface area is 83.5 Å². The molecule has 0 aliphatic carbocycles. The Kier molecular flexibility index (Phi) is 2.56. The summed E-state index contributed by atoms with van der Waals surface area (Å²) < 4.78 is 5.09. The molecule has 2 rings (SSSR count). The summed E-state index contributed by atoms with van der Waals surface area (Å²) in [7, 11) is 0. The van der Waals surface area contributed by atoms with E-state index in [4.69, 9.17) is 9.63 Å². The lowest BCUT2D eigenvalue weighted by atomic mass is 10.0. The molecule has 0 bridgehead atoms. The van der Waals surface area contributed by atoms with Crippen molar-refractivity contribution in [2.24, 2.45) is 5.92 Å². The average molecular weight is 196 g/mol. The van der Waals surface area contributed by atoms with Crippen LogP contribution in [-0.4, -0.2) is 34.9 Å². The van der Waals surface area contributed by atoms with Crippen LogP contribution in [0.15, 0.2) is 4.52 Å². The minimum atomic E-state index is 0.304. The molecular formula is C10H16N2O2. The largest absolute Gasteiger partial charge is 0.396 e. The highest BCUT2D eigenvalue weighted by Gasteiger charge is 2.27. The van der Waals surface area contributed by atoms with E-state index in [0.717, 1.165) is 31.1 Å². The maximum Gasteiger partial charge on any atom is 0.138 e. The number of aromatic nitrogens is 1. The molecule has 1 aliphatic heterocycles. The third-order valence-electron chi connectivity index (χ3n) is 2.85. The van der Waals surface area contributed by atoms with Crippen LogP contribution in [0.25, 0.3) is 0 Å². The highest BCUT2D eigenvalue weighted by atomic mass is 16.5. The lowest BCUT2D eigenvalue weighted by Gasteiger charge is -2.38. The van der Waals surface area contributed by atoms with Crippen molar-refractivity contribution >= 4 is 0 Å². The van der Waals surface area contributed by atoms with E-state index in [9.17, 15) is 0 Å². The molecule has 2 heterocycles. The van der Waals surface area contributed by atoms with E-state index in [1.165, 1.54) is 5.56 Å². The van der Waals surface area contributed by atoms with Crippen LogP contribution in [0.4, 0.5) is 0 Å². The first-order valence-electron chi connectivity index (χ1n) is 4.95. The van der Waals surface area contributed by atoms with Crippen molar-refractivity contribution in [2.75, 3.05) is 19.7 Å². The molecule has 0 amide bonds. The van der Waals surface area contributed by atoms with E-state index in [-0.39, 0.29) is 0 Å². The van der Waals surface area contributed by atoms with Gasteiger partial charge in [0.15, 0.2) is 0 Å². The summed E-state index contributed by atoms with van der Waals surface area (Å²) in [4.78, 5) is 2.30. The Morgan fingerprint density at radius 3 is 2.71 bits per heavy atom. The SMILES string of the molecule is Cc1noc(C)c1CN1CC(CO)C1. The van der Waals surface area contributed by atoms with Crippen LogP contribution in [0.5, 0.6) is 0 Å². The third-order valence-corrected chi connectivity index (χ3v) is 2.85. The van der Waals surface area contributed by atoms with E-state index in [2.05, 4.69) is 10.1 Å². The summed E-state index contributed by atoms with van der Waals surface area (Å²) in [6.07, 6.45) is 0. The van der Waals surface area contributed by atoms with Gasteiger partial charge in [-0.3, -0.25) is 4.90 Å². The minimum absolute atomic E-state index is 0.304. The highest BCUT2D eigenvalue weighted by molar-refractivity contribution is 5.20. The molecule has 0 atom stereocenters. The van der Waals surface area contributed by atoms with Gasteiger partial charge in [0.25, 0.3) is 0 Å². The van der Waals surface area contributed by atoms with Gasteiger partial charge in [-0.1, -0.05) is 5.16 Å². The van der Waals surface area contributed by atoms with Gasteiger partial charge >= 0.3 is 0 Å². The molecule has 0 spiro atoms. The molecule has 1 N–H and O–H groups in total. The molecule has 4 nitrogen and oxygen atoms in total. The lowest BCUT2D eigenvalue weighted by Crippen LogP contribution is -2.47. The van der Waals surface area contributed by atoms with Gasteiger partial charge in [-0.2, -0.15) is 0 Å². The van der Waals surface area contributed by atoms with Crippen molar-refractivity contribution in [3.8, 4) is 0 Å². The average Bonchev–Trinajstić information content (AvgIpc) is 2.40. The first kappa shape index (κ1) is 9.68. The Hall–Kier alpha value is -0.870. The first-order chi connectivity index (χ1) is 6.70. The van der Waals surface area contributed by atoms with Crippen LogP contribution in [-0.2, 0) is 6.54 Å². The second kappa shape index (κ2) is 3.71. The van der Waals surface area contributed by atoms with Crippen LogP contribution in [0, 0.1) is 19.8 Å². The number of hydrogen-bond donors (Lipinski definition) is 1. The summed E-state index contributed by atoms with van der Waals surface area (Å²) in [5, 5.41) is 12.8. The molecule has 1 aromatic rings. The Bertz CT molecular complexity index is 296. The van der Waals surface area contributed by atoms with Gasteiger partial charge < -0.3 is 9.63 Å². The molecule has 0 unspecified atom stereocenters. The van der Waals surface area contributed by atoms with Gasteiger partial charge in [0.1, 0.15) is 5.76 Å². The number of likely N-dealkylation sites (tertiary alicyclic amines) is 1. The predicted octanol–water partition coefficient (Wildman–Crippen LogP) is 0.716. The van der Waals surface area contributed by atoms with Crippen molar-refractivity contribution in [1.29, 1.82) is 0 Å². The fraction of sp³-hybridized carbons (Fsp3) is 0.700. The van der Waals surface area contributed by atoms with Crippen molar-refractivity contribution in [3.63, 3.8) is 0 Å². The predicted molar refractivity (Wildman–Crippen MR) is 51.8 cm³/mol. The van der Waals surface area contributed by atoms with Crippen molar-refractivity contribution in [3.05, 3.63) is 17.0 Å². The zero-order valence-electron chi connectivity index (χ0n) is 8.66. The van der Waals surface area contributed by atoms with E-state index in [1.54, 1.807) is 0 Å². The van der Waals surface area contributed by atoms with Gasteiger partial charge in [0.2, 0.25) is 0 Å². The van der Waals surface area contributed by atoms with Crippen LogP contribution in [0.2, 0.25) is 0 Å².